The van der Waals surface area contributed by atoms with E-state index in [1.165, 1.54) is 0 Å². The molecule has 1 saturated heterocycles. The smallest absolute Gasteiger partial charge is 0.197 e. The van der Waals surface area contributed by atoms with Gasteiger partial charge in [0, 0.05) is 5.41 Å². The Morgan fingerprint density at radius 1 is 1.41 bits per heavy atom. The number of fused-ring (bicyclic) bond motifs is 5. The molecule has 17 heavy (non-hydrogen) atoms. The molecule has 0 spiro atoms. The standard InChI is InChI=1S/C12H17NO4/c1-11(2,5-14)12-4-3-6(17-12)7-8(12)10(16)13-9(7)15/h6,13-16H,3-5H2,1-2H3. The number of aromatic nitrogens is 1. The van der Waals surface area contributed by atoms with E-state index >= 15 is 0 Å². The predicted octanol–water partition coefficient (Wildman–Crippen LogP) is 1.50. The molecule has 0 aromatic carbocycles. The number of H-pyrrole nitrogens is 1. The lowest BCUT2D eigenvalue weighted by atomic mass is 9.68. The SMILES string of the molecule is CC(C)(CO)C12CCC(O1)c1c(O)[nH]c(O)c12. The zero-order chi connectivity index (χ0) is 12.4. The van der Waals surface area contributed by atoms with Crippen LogP contribution in [0.2, 0.25) is 0 Å². The van der Waals surface area contributed by atoms with Crippen molar-refractivity contribution in [1.82, 2.24) is 4.98 Å². The molecule has 0 saturated carbocycles. The third-order valence-electron chi connectivity index (χ3n) is 4.31. The Hall–Kier alpha value is -1.20. The van der Waals surface area contributed by atoms with Gasteiger partial charge in [0.1, 0.15) is 5.60 Å². The maximum atomic E-state index is 9.92. The van der Waals surface area contributed by atoms with Crippen LogP contribution >= 0.6 is 0 Å². The van der Waals surface area contributed by atoms with E-state index in [1.54, 1.807) is 0 Å². The summed E-state index contributed by atoms with van der Waals surface area (Å²) in [5.41, 5.74) is 0.100. The monoisotopic (exact) mass is 239 g/mol. The highest BCUT2D eigenvalue weighted by Gasteiger charge is 2.61. The van der Waals surface area contributed by atoms with E-state index in [-0.39, 0.29) is 24.5 Å². The summed E-state index contributed by atoms with van der Waals surface area (Å²) in [4.78, 5) is 2.55. The fraction of sp³-hybridized carbons (Fsp3) is 0.667. The molecule has 0 amide bonds. The van der Waals surface area contributed by atoms with Crippen LogP contribution in [0.3, 0.4) is 0 Å². The van der Waals surface area contributed by atoms with Crippen molar-refractivity contribution >= 4 is 0 Å². The zero-order valence-corrected chi connectivity index (χ0v) is 9.95. The highest BCUT2D eigenvalue weighted by molar-refractivity contribution is 5.54. The van der Waals surface area contributed by atoms with Gasteiger partial charge in [-0.15, -0.1) is 0 Å². The number of aromatic amines is 1. The van der Waals surface area contributed by atoms with Crippen molar-refractivity contribution in [2.45, 2.75) is 38.4 Å². The summed E-state index contributed by atoms with van der Waals surface area (Å²) in [7, 11) is 0. The Kier molecular flexibility index (Phi) is 1.91. The normalized spacial score (nSPS) is 30.9. The Labute approximate surface area is 99.0 Å². The van der Waals surface area contributed by atoms with Crippen LogP contribution in [-0.4, -0.2) is 26.9 Å². The van der Waals surface area contributed by atoms with E-state index in [1.807, 2.05) is 13.8 Å². The highest BCUT2D eigenvalue weighted by Crippen LogP contribution is 2.65. The van der Waals surface area contributed by atoms with Crippen molar-refractivity contribution in [3.05, 3.63) is 11.1 Å². The molecule has 5 nitrogen and oxygen atoms in total. The van der Waals surface area contributed by atoms with Gasteiger partial charge in [0.25, 0.3) is 0 Å². The number of aliphatic hydroxyl groups is 1. The highest BCUT2D eigenvalue weighted by atomic mass is 16.5. The summed E-state index contributed by atoms with van der Waals surface area (Å²) in [6, 6.07) is 0. The number of hydrogen-bond donors (Lipinski definition) is 4. The van der Waals surface area contributed by atoms with Gasteiger partial charge in [-0.3, -0.25) is 4.98 Å². The summed E-state index contributed by atoms with van der Waals surface area (Å²) < 4.78 is 5.99. The van der Waals surface area contributed by atoms with Crippen molar-refractivity contribution in [3.63, 3.8) is 0 Å². The second-order valence-electron chi connectivity index (χ2n) is 5.63. The second kappa shape index (κ2) is 2.97. The summed E-state index contributed by atoms with van der Waals surface area (Å²) in [5.74, 6) is -0.0564. The van der Waals surface area contributed by atoms with Crippen LogP contribution in [0.5, 0.6) is 11.8 Å². The average Bonchev–Trinajstić information content (AvgIpc) is 2.91. The van der Waals surface area contributed by atoms with Gasteiger partial charge in [-0.25, -0.2) is 0 Å². The molecule has 1 aromatic rings. The van der Waals surface area contributed by atoms with E-state index in [9.17, 15) is 15.3 Å². The Morgan fingerprint density at radius 2 is 2.12 bits per heavy atom. The topological polar surface area (TPSA) is 85.7 Å². The Morgan fingerprint density at radius 3 is 2.76 bits per heavy atom. The van der Waals surface area contributed by atoms with Gasteiger partial charge in [-0.05, 0) is 12.8 Å². The first-order chi connectivity index (χ1) is 7.93. The largest absolute Gasteiger partial charge is 0.494 e. The van der Waals surface area contributed by atoms with E-state index in [2.05, 4.69) is 4.98 Å². The summed E-state index contributed by atoms with van der Waals surface area (Å²) >= 11 is 0. The molecular weight excluding hydrogens is 222 g/mol. The molecule has 2 bridgehead atoms. The van der Waals surface area contributed by atoms with Crippen LogP contribution in [0.1, 0.15) is 43.9 Å². The lowest BCUT2D eigenvalue weighted by Crippen LogP contribution is -2.42. The summed E-state index contributed by atoms with van der Waals surface area (Å²) in [6.45, 7) is 3.78. The summed E-state index contributed by atoms with van der Waals surface area (Å²) in [6.07, 6.45) is 1.39. The fourth-order valence-corrected chi connectivity index (χ4v) is 3.26. The van der Waals surface area contributed by atoms with Crippen LogP contribution in [0.4, 0.5) is 0 Å². The number of hydrogen-bond acceptors (Lipinski definition) is 4. The Bertz CT molecular complexity index is 479. The number of ether oxygens (including phenoxy) is 1. The second-order valence-corrected chi connectivity index (χ2v) is 5.63. The molecule has 3 heterocycles. The molecule has 0 radical (unpaired) electrons. The van der Waals surface area contributed by atoms with Crippen molar-refractivity contribution in [3.8, 4) is 11.8 Å². The van der Waals surface area contributed by atoms with E-state index in [0.717, 1.165) is 12.8 Å². The van der Waals surface area contributed by atoms with Crippen molar-refractivity contribution in [2.75, 3.05) is 6.61 Å². The minimum atomic E-state index is -0.691. The van der Waals surface area contributed by atoms with Crippen LogP contribution in [-0.2, 0) is 10.3 Å². The maximum absolute atomic E-state index is 9.92. The van der Waals surface area contributed by atoms with Gasteiger partial charge >= 0.3 is 0 Å². The van der Waals surface area contributed by atoms with E-state index in [4.69, 9.17) is 4.74 Å². The van der Waals surface area contributed by atoms with Gasteiger partial charge in [0.05, 0.1) is 23.8 Å². The molecule has 2 aliphatic rings. The summed E-state index contributed by atoms with van der Waals surface area (Å²) in [5, 5.41) is 29.2. The number of rotatable bonds is 2. The average molecular weight is 239 g/mol. The molecule has 5 heteroatoms. The van der Waals surface area contributed by atoms with Crippen LogP contribution in [0.15, 0.2) is 0 Å². The first-order valence-corrected chi connectivity index (χ1v) is 5.86. The maximum Gasteiger partial charge on any atom is 0.197 e. The molecule has 2 atom stereocenters. The van der Waals surface area contributed by atoms with Crippen LogP contribution < -0.4 is 0 Å². The minimum Gasteiger partial charge on any atom is -0.494 e. The molecule has 2 unspecified atom stereocenters. The zero-order valence-electron chi connectivity index (χ0n) is 9.95. The van der Waals surface area contributed by atoms with Crippen LogP contribution in [0, 0.1) is 5.41 Å². The van der Waals surface area contributed by atoms with E-state index < -0.39 is 11.0 Å². The van der Waals surface area contributed by atoms with Gasteiger partial charge in [-0.2, -0.15) is 0 Å². The Balaban J connectivity index is 2.23. The number of nitrogens with one attached hydrogen (secondary N) is 1. The van der Waals surface area contributed by atoms with Crippen molar-refractivity contribution in [1.29, 1.82) is 0 Å². The molecule has 4 N–H and O–H groups in total. The van der Waals surface area contributed by atoms with Gasteiger partial charge in [-0.1, -0.05) is 13.8 Å². The predicted molar refractivity (Wildman–Crippen MR) is 59.7 cm³/mol. The van der Waals surface area contributed by atoms with Crippen LogP contribution in [0.25, 0.3) is 0 Å². The van der Waals surface area contributed by atoms with Crippen molar-refractivity contribution in [2.24, 2.45) is 5.41 Å². The fourth-order valence-electron chi connectivity index (χ4n) is 3.26. The molecular formula is C12H17NO4. The lowest BCUT2D eigenvalue weighted by molar-refractivity contribution is -0.121. The van der Waals surface area contributed by atoms with E-state index in [0.29, 0.717) is 11.1 Å². The van der Waals surface area contributed by atoms with Gasteiger partial charge in [0.2, 0.25) is 0 Å². The number of aliphatic hydroxyl groups excluding tert-OH is 1. The third-order valence-corrected chi connectivity index (χ3v) is 4.31. The molecule has 3 rings (SSSR count). The molecule has 1 fully saturated rings. The first-order valence-electron chi connectivity index (χ1n) is 5.86. The van der Waals surface area contributed by atoms with Gasteiger partial charge in [0.15, 0.2) is 11.8 Å². The molecule has 0 aliphatic carbocycles. The lowest BCUT2D eigenvalue weighted by Gasteiger charge is -2.40. The molecule has 1 aromatic heterocycles. The van der Waals surface area contributed by atoms with Crippen molar-refractivity contribution < 1.29 is 20.1 Å². The molecule has 94 valence electrons. The number of aromatic hydroxyl groups is 2. The van der Waals surface area contributed by atoms with Gasteiger partial charge < -0.3 is 20.1 Å². The molecule has 2 aliphatic heterocycles. The third kappa shape index (κ3) is 1.06. The quantitative estimate of drug-likeness (QED) is 0.630. The minimum absolute atomic E-state index is 0.0159. The first kappa shape index (κ1) is 10.9.